The SMILES string of the molecule is CO/N=C/c1ccc(-c2ccccc2C)cc1F. The van der Waals surface area contributed by atoms with Crippen molar-refractivity contribution < 1.29 is 9.23 Å². The molecule has 0 bridgehead atoms. The lowest BCUT2D eigenvalue weighted by atomic mass is 9.99. The first-order chi connectivity index (χ1) is 8.72. The normalized spacial score (nSPS) is 10.8. The second kappa shape index (κ2) is 5.45. The van der Waals surface area contributed by atoms with Gasteiger partial charge in [-0.1, -0.05) is 35.5 Å². The summed E-state index contributed by atoms with van der Waals surface area (Å²) in [6, 6.07) is 13.0. The molecule has 0 fully saturated rings. The number of nitrogens with zero attached hydrogens (tertiary/aromatic N) is 1. The van der Waals surface area contributed by atoms with Gasteiger partial charge in [0.2, 0.25) is 0 Å². The fourth-order valence-electron chi connectivity index (χ4n) is 1.81. The summed E-state index contributed by atoms with van der Waals surface area (Å²) in [6.45, 7) is 2.01. The Bertz CT molecular complexity index is 578. The fraction of sp³-hybridized carbons (Fsp3) is 0.133. The predicted octanol–water partition coefficient (Wildman–Crippen LogP) is 3.78. The van der Waals surface area contributed by atoms with Crippen molar-refractivity contribution >= 4 is 6.21 Å². The van der Waals surface area contributed by atoms with Crippen LogP contribution >= 0.6 is 0 Å². The maximum absolute atomic E-state index is 13.8. The maximum Gasteiger partial charge on any atom is 0.132 e. The molecule has 0 spiro atoms. The van der Waals surface area contributed by atoms with Gasteiger partial charge < -0.3 is 4.84 Å². The number of halogens is 1. The van der Waals surface area contributed by atoms with Crippen molar-refractivity contribution in [3.05, 3.63) is 59.4 Å². The Labute approximate surface area is 106 Å². The average molecular weight is 243 g/mol. The van der Waals surface area contributed by atoms with E-state index >= 15 is 0 Å². The van der Waals surface area contributed by atoms with Crippen LogP contribution in [0.2, 0.25) is 0 Å². The first-order valence-electron chi connectivity index (χ1n) is 5.64. The highest BCUT2D eigenvalue weighted by atomic mass is 19.1. The van der Waals surface area contributed by atoms with E-state index in [1.54, 1.807) is 6.07 Å². The van der Waals surface area contributed by atoms with E-state index in [1.807, 2.05) is 37.3 Å². The molecule has 0 aromatic heterocycles. The van der Waals surface area contributed by atoms with Gasteiger partial charge in [0.1, 0.15) is 12.9 Å². The molecule has 0 aliphatic rings. The molecule has 2 aromatic rings. The highest BCUT2D eigenvalue weighted by Gasteiger charge is 2.05. The largest absolute Gasteiger partial charge is 0.399 e. The molecule has 0 radical (unpaired) electrons. The van der Waals surface area contributed by atoms with E-state index in [1.165, 1.54) is 19.4 Å². The second-order valence-corrected chi connectivity index (χ2v) is 3.97. The quantitative estimate of drug-likeness (QED) is 0.593. The summed E-state index contributed by atoms with van der Waals surface area (Å²) >= 11 is 0. The van der Waals surface area contributed by atoms with E-state index in [4.69, 9.17) is 0 Å². The summed E-state index contributed by atoms with van der Waals surface area (Å²) in [5, 5.41) is 3.56. The number of benzene rings is 2. The second-order valence-electron chi connectivity index (χ2n) is 3.97. The third-order valence-corrected chi connectivity index (χ3v) is 2.75. The molecule has 92 valence electrons. The molecule has 2 nitrogen and oxygen atoms in total. The third kappa shape index (κ3) is 2.56. The number of aryl methyl sites for hydroxylation is 1. The van der Waals surface area contributed by atoms with Crippen LogP contribution in [0, 0.1) is 12.7 Å². The summed E-state index contributed by atoms with van der Waals surface area (Å²) in [7, 11) is 1.43. The van der Waals surface area contributed by atoms with Gasteiger partial charge in [-0.3, -0.25) is 0 Å². The molecule has 3 heteroatoms. The van der Waals surface area contributed by atoms with Crippen molar-refractivity contribution in [3.63, 3.8) is 0 Å². The number of rotatable bonds is 3. The van der Waals surface area contributed by atoms with Crippen LogP contribution < -0.4 is 0 Å². The van der Waals surface area contributed by atoms with Crippen LogP contribution in [0.1, 0.15) is 11.1 Å². The van der Waals surface area contributed by atoms with E-state index in [2.05, 4.69) is 9.99 Å². The summed E-state index contributed by atoms with van der Waals surface area (Å²) in [5.74, 6) is -0.309. The highest BCUT2D eigenvalue weighted by Crippen LogP contribution is 2.24. The highest BCUT2D eigenvalue weighted by molar-refractivity contribution is 5.81. The van der Waals surface area contributed by atoms with Crippen molar-refractivity contribution in [2.24, 2.45) is 5.16 Å². The zero-order valence-corrected chi connectivity index (χ0v) is 10.4. The summed E-state index contributed by atoms with van der Waals surface area (Å²) < 4.78 is 13.8. The molecule has 0 aliphatic heterocycles. The number of hydrogen-bond donors (Lipinski definition) is 0. The Morgan fingerprint density at radius 2 is 1.94 bits per heavy atom. The molecular weight excluding hydrogens is 229 g/mol. The molecular formula is C15H14FNO. The topological polar surface area (TPSA) is 21.6 Å². The van der Waals surface area contributed by atoms with Crippen molar-refractivity contribution in [2.45, 2.75) is 6.92 Å². The molecule has 0 N–H and O–H groups in total. The molecule has 0 aliphatic carbocycles. The van der Waals surface area contributed by atoms with Crippen LogP contribution in [-0.2, 0) is 4.84 Å². The zero-order valence-electron chi connectivity index (χ0n) is 10.4. The Hall–Kier alpha value is -2.16. The van der Waals surface area contributed by atoms with E-state index in [0.717, 1.165) is 16.7 Å². The Kier molecular flexibility index (Phi) is 3.72. The Morgan fingerprint density at radius 1 is 1.17 bits per heavy atom. The van der Waals surface area contributed by atoms with Gasteiger partial charge in [0.05, 0.1) is 6.21 Å². The van der Waals surface area contributed by atoms with E-state index in [0.29, 0.717) is 5.56 Å². The first-order valence-corrected chi connectivity index (χ1v) is 5.64. The molecule has 2 rings (SSSR count). The van der Waals surface area contributed by atoms with Gasteiger partial charge in [0.15, 0.2) is 0 Å². The lowest BCUT2D eigenvalue weighted by Gasteiger charge is -2.06. The molecule has 2 aromatic carbocycles. The van der Waals surface area contributed by atoms with Crippen molar-refractivity contribution in [1.82, 2.24) is 0 Å². The van der Waals surface area contributed by atoms with E-state index in [9.17, 15) is 4.39 Å². The summed E-state index contributed by atoms with van der Waals surface area (Å²) in [4.78, 5) is 4.54. The van der Waals surface area contributed by atoms with Crippen molar-refractivity contribution in [1.29, 1.82) is 0 Å². The van der Waals surface area contributed by atoms with Gasteiger partial charge in [-0.05, 0) is 35.7 Å². The monoisotopic (exact) mass is 243 g/mol. The molecule has 18 heavy (non-hydrogen) atoms. The van der Waals surface area contributed by atoms with Gasteiger partial charge in [0, 0.05) is 5.56 Å². The van der Waals surface area contributed by atoms with Crippen molar-refractivity contribution in [3.8, 4) is 11.1 Å². The summed E-state index contributed by atoms with van der Waals surface area (Å²) in [5.41, 5.74) is 3.43. The van der Waals surface area contributed by atoms with Crippen LogP contribution in [0.25, 0.3) is 11.1 Å². The van der Waals surface area contributed by atoms with Crippen LogP contribution in [0.15, 0.2) is 47.6 Å². The molecule has 0 saturated carbocycles. The standard InChI is InChI=1S/C15H14FNO/c1-11-5-3-4-6-14(11)12-7-8-13(10-17-18-2)15(16)9-12/h3-10H,1-2H3/b17-10+. The maximum atomic E-state index is 13.8. The minimum atomic E-state index is -0.309. The molecule has 0 saturated heterocycles. The van der Waals surface area contributed by atoms with Crippen LogP contribution in [-0.4, -0.2) is 13.3 Å². The zero-order chi connectivity index (χ0) is 13.0. The smallest absolute Gasteiger partial charge is 0.132 e. The third-order valence-electron chi connectivity index (χ3n) is 2.75. The Morgan fingerprint density at radius 3 is 2.61 bits per heavy atom. The fourth-order valence-corrected chi connectivity index (χ4v) is 1.81. The van der Waals surface area contributed by atoms with Gasteiger partial charge >= 0.3 is 0 Å². The average Bonchev–Trinajstić information content (AvgIpc) is 2.38. The van der Waals surface area contributed by atoms with Crippen LogP contribution in [0.4, 0.5) is 4.39 Å². The lowest BCUT2D eigenvalue weighted by molar-refractivity contribution is 0.215. The van der Waals surface area contributed by atoms with E-state index in [-0.39, 0.29) is 5.82 Å². The van der Waals surface area contributed by atoms with Gasteiger partial charge in [-0.2, -0.15) is 0 Å². The first kappa shape index (κ1) is 12.3. The molecule has 0 atom stereocenters. The predicted molar refractivity (Wildman–Crippen MR) is 71.2 cm³/mol. The van der Waals surface area contributed by atoms with Gasteiger partial charge in [0.25, 0.3) is 0 Å². The Balaban J connectivity index is 2.41. The minimum Gasteiger partial charge on any atom is -0.399 e. The molecule has 0 heterocycles. The summed E-state index contributed by atoms with van der Waals surface area (Å²) in [6.07, 6.45) is 1.36. The van der Waals surface area contributed by atoms with Gasteiger partial charge in [-0.25, -0.2) is 4.39 Å². The van der Waals surface area contributed by atoms with Gasteiger partial charge in [-0.15, -0.1) is 0 Å². The van der Waals surface area contributed by atoms with Crippen LogP contribution in [0.3, 0.4) is 0 Å². The lowest BCUT2D eigenvalue weighted by Crippen LogP contribution is -1.91. The number of hydrogen-bond acceptors (Lipinski definition) is 2. The molecule has 0 unspecified atom stereocenters. The number of oxime groups is 1. The van der Waals surface area contributed by atoms with Crippen LogP contribution in [0.5, 0.6) is 0 Å². The molecule has 0 amide bonds. The minimum absolute atomic E-state index is 0.309. The van der Waals surface area contributed by atoms with E-state index < -0.39 is 0 Å². The van der Waals surface area contributed by atoms with Crippen molar-refractivity contribution in [2.75, 3.05) is 7.11 Å².